The van der Waals surface area contributed by atoms with Crippen molar-refractivity contribution in [1.82, 2.24) is 19.9 Å². The summed E-state index contributed by atoms with van der Waals surface area (Å²) in [7, 11) is 0. The highest BCUT2D eigenvalue weighted by atomic mass is 16.3. The minimum atomic E-state index is -0.864. The molecule has 5 heteroatoms. The first kappa shape index (κ1) is 17.1. The SMILES string of the molecule is CCc1ccccc1CCN1CCC(O)(c2cn(C(C)C)nn2)C1. The molecule has 0 aliphatic carbocycles. The molecule has 2 aromatic rings. The van der Waals surface area contributed by atoms with Crippen LogP contribution in [0.1, 0.15) is 50.1 Å². The maximum absolute atomic E-state index is 11.0. The number of nitrogens with zero attached hydrogens (tertiary/aromatic N) is 4. The maximum Gasteiger partial charge on any atom is 0.124 e. The Morgan fingerprint density at radius 2 is 2.00 bits per heavy atom. The van der Waals surface area contributed by atoms with E-state index in [0.717, 1.165) is 32.4 Å². The third-order valence-electron chi connectivity index (χ3n) is 5.04. The van der Waals surface area contributed by atoms with E-state index in [2.05, 4.69) is 60.2 Å². The fourth-order valence-electron chi connectivity index (χ4n) is 3.44. The van der Waals surface area contributed by atoms with Crippen molar-refractivity contribution in [3.8, 4) is 0 Å². The van der Waals surface area contributed by atoms with Crippen molar-refractivity contribution in [2.75, 3.05) is 19.6 Å². The highest BCUT2D eigenvalue weighted by Crippen LogP contribution is 2.31. The molecule has 0 radical (unpaired) electrons. The maximum atomic E-state index is 11.0. The van der Waals surface area contributed by atoms with E-state index in [4.69, 9.17) is 0 Å². The number of aliphatic hydroxyl groups is 1. The molecule has 1 fully saturated rings. The first-order valence-corrected chi connectivity index (χ1v) is 8.95. The highest BCUT2D eigenvalue weighted by Gasteiger charge is 2.39. The molecule has 1 aliphatic heterocycles. The molecule has 24 heavy (non-hydrogen) atoms. The standard InChI is InChI=1S/C19H28N4O/c1-4-16-7-5-6-8-17(16)9-11-22-12-10-19(24,14-22)18-13-23(15(2)3)21-20-18/h5-8,13,15,24H,4,9-12,14H2,1-3H3. The van der Waals surface area contributed by atoms with Gasteiger partial charge in [0, 0.05) is 25.7 Å². The zero-order valence-electron chi connectivity index (χ0n) is 14.9. The molecular weight excluding hydrogens is 300 g/mol. The van der Waals surface area contributed by atoms with Gasteiger partial charge in [0.2, 0.25) is 0 Å². The molecule has 1 saturated heterocycles. The number of aromatic nitrogens is 3. The van der Waals surface area contributed by atoms with Gasteiger partial charge in [0.1, 0.15) is 11.3 Å². The lowest BCUT2D eigenvalue weighted by Crippen LogP contribution is -2.32. The number of aryl methyl sites for hydroxylation is 1. The number of rotatable bonds is 6. The molecule has 1 unspecified atom stereocenters. The highest BCUT2D eigenvalue weighted by molar-refractivity contribution is 5.27. The van der Waals surface area contributed by atoms with Gasteiger partial charge >= 0.3 is 0 Å². The van der Waals surface area contributed by atoms with Gasteiger partial charge < -0.3 is 5.11 Å². The van der Waals surface area contributed by atoms with Gasteiger partial charge in [-0.3, -0.25) is 4.90 Å². The van der Waals surface area contributed by atoms with Gasteiger partial charge in [0.05, 0.1) is 6.20 Å². The lowest BCUT2D eigenvalue weighted by Gasteiger charge is -2.21. The molecule has 0 saturated carbocycles. The van der Waals surface area contributed by atoms with Crippen molar-refractivity contribution in [1.29, 1.82) is 0 Å². The van der Waals surface area contributed by atoms with Crippen LogP contribution in [0.25, 0.3) is 0 Å². The molecule has 1 aliphatic rings. The van der Waals surface area contributed by atoms with Crippen LogP contribution in [0.3, 0.4) is 0 Å². The topological polar surface area (TPSA) is 54.2 Å². The Bertz CT molecular complexity index is 682. The van der Waals surface area contributed by atoms with Gasteiger partial charge in [-0.1, -0.05) is 36.4 Å². The summed E-state index contributed by atoms with van der Waals surface area (Å²) in [6, 6.07) is 8.90. The van der Waals surface area contributed by atoms with Crippen LogP contribution in [0.5, 0.6) is 0 Å². The lowest BCUT2D eigenvalue weighted by molar-refractivity contribution is 0.0418. The van der Waals surface area contributed by atoms with Gasteiger partial charge in [-0.05, 0) is 44.2 Å². The molecule has 0 amide bonds. The summed E-state index contributed by atoms with van der Waals surface area (Å²) in [5.74, 6) is 0. The molecule has 1 atom stereocenters. The van der Waals surface area contributed by atoms with Gasteiger partial charge in [-0.25, -0.2) is 4.68 Å². The van der Waals surface area contributed by atoms with Crippen molar-refractivity contribution < 1.29 is 5.11 Å². The predicted molar refractivity (Wildman–Crippen MR) is 94.9 cm³/mol. The minimum absolute atomic E-state index is 0.262. The molecule has 5 nitrogen and oxygen atoms in total. The molecule has 130 valence electrons. The Labute approximate surface area is 144 Å². The quantitative estimate of drug-likeness (QED) is 0.885. The smallest absolute Gasteiger partial charge is 0.124 e. The summed E-state index contributed by atoms with van der Waals surface area (Å²) >= 11 is 0. The van der Waals surface area contributed by atoms with Crippen LogP contribution in [0, 0.1) is 0 Å². The Hall–Kier alpha value is -1.72. The molecule has 0 spiro atoms. The van der Waals surface area contributed by atoms with E-state index < -0.39 is 5.60 Å². The van der Waals surface area contributed by atoms with Crippen LogP contribution < -0.4 is 0 Å². The second-order valence-corrected chi connectivity index (χ2v) is 7.11. The van der Waals surface area contributed by atoms with E-state index in [1.165, 1.54) is 11.1 Å². The Kier molecular flexibility index (Phi) is 5.01. The van der Waals surface area contributed by atoms with E-state index >= 15 is 0 Å². The Morgan fingerprint density at radius 1 is 1.25 bits per heavy atom. The predicted octanol–water partition coefficient (Wildman–Crippen LogP) is 2.56. The van der Waals surface area contributed by atoms with Crippen molar-refractivity contribution >= 4 is 0 Å². The number of β-amino-alcohol motifs (C(OH)–C–C–N with tert-alkyl or cyclic N) is 1. The molecular formula is C19H28N4O. The number of benzene rings is 1. The van der Waals surface area contributed by atoms with Crippen molar-refractivity contribution in [3.63, 3.8) is 0 Å². The zero-order valence-corrected chi connectivity index (χ0v) is 14.9. The monoisotopic (exact) mass is 328 g/mol. The molecule has 3 rings (SSSR count). The molecule has 2 heterocycles. The molecule has 1 aromatic heterocycles. The van der Waals surface area contributed by atoms with E-state index in [-0.39, 0.29) is 6.04 Å². The van der Waals surface area contributed by atoms with Gasteiger partial charge in [0.25, 0.3) is 0 Å². The third kappa shape index (κ3) is 3.52. The van der Waals surface area contributed by atoms with E-state index in [1.54, 1.807) is 0 Å². The normalized spacial score (nSPS) is 21.7. The fourth-order valence-corrected chi connectivity index (χ4v) is 3.44. The summed E-state index contributed by atoms with van der Waals surface area (Å²) in [6.45, 7) is 8.84. The average molecular weight is 328 g/mol. The van der Waals surface area contributed by atoms with Gasteiger partial charge in [0.15, 0.2) is 0 Å². The number of hydrogen-bond acceptors (Lipinski definition) is 4. The van der Waals surface area contributed by atoms with Crippen molar-refractivity contribution in [2.24, 2.45) is 0 Å². The van der Waals surface area contributed by atoms with E-state index in [9.17, 15) is 5.11 Å². The van der Waals surface area contributed by atoms with Crippen LogP contribution in [0.4, 0.5) is 0 Å². The number of hydrogen-bond donors (Lipinski definition) is 1. The first-order valence-electron chi connectivity index (χ1n) is 8.95. The summed E-state index contributed by atoms with van der Waals surface area (Å²) < 4.78 is 1.81. The third-order valence-corrected chi connectivity index (χ3v) is 5.04. The van der Waals surface area contributed by atoms with Crippen LogP contribution in [-0.4, -0.2) is 44.6 Å². The largest absolute Gasteiger partial charge is 0.382 e. The fraction of sp³-hybridized carbons (Fsp3) is 0.579. The van der Waals surface area contributed by atoms with Crippen LogP contribution in [0.15, 0.2) is 30.5 Å². The molecule has 1 N–H and O–H groups in total. The van der Waals surface area contributed by atoms with E-state index in [1.807, 2.05) is 10.9 Å². The molecule has 1 aromatic carbocycles. The van der Waals surface area contributed by atoms with Gasteiger partial charge in [-0.15, -0.1) is 5.10 Å². The van der Waals surface area contributed by atoms with Crippen LogP contribution in [-0.2, 0) is 18.4 Å². The zero-order chi connectivity index (χ0) is 17.2. The summed E-state index contributed by atoms with van der Waals surface area (Å²) in [6.07, 6.45) is 4.71. The number of likely N-dealkylation sites (tertiary alicyclic amines) is 1. The summed E-state index contributed by atoms with van der Waals surface area (Å²) in [5.41, 5.74) is 2.68. The van der Waals surface area contributed by atoms with Crippen LogP contribution in [0.2, 0.25) is 0 Å². The summed E-state index contributed by atoms with van der Waals surface area (Å²) in [5, 5.41) is 19.3. The Balaban J connectivity index is 1.62. The second-order valence-electron chi connectivity index (χ2n) is 7.11. The van der Waals surface area contributed by atoms with Gasteiger partial charge in [-0.2, -0.15) is 0 Å². The average Bonchev–Trinajstić information content (AvgIpc) is 3.21. The first-order chi connectivity index (χ1) is 11.5. The molecule has 0 bridgehead atoms. The minimum Gasteiger partial charge on any atom is -0.382 e. The van der Waals surface area contributed by atoms with Crippen LogP contribution >= 0.6 is 0 Å². The van der Waals surface area contributed by atoms with Crippen molar-refractivity contribution in [3.05, 3.63) is 47.3 Å². The van der Waals surface area contributed by atoms with Crippen molar-refractivity contribution in [2.45, 2.75) is 51.7 Å². The second kappa shape index (κ2) is 7.03. The van der Waals surface area contributed by atoms with E-state index in [0.29, 0.717) is 12.2 Å². The lowest BCUT2D eigenvalue weighted by atomic mass is 10.00. The summed E-state index contributed by atoms with van der Waals surface area (Å²) in [4.78, 5) is 2.33. The Morgan fingerprint density at radius 3 is 2.67 bits per heavy atom.